The molecule has 6 heteroatoms. The lowest BCUT2D eigenvalue weighted by atomic mass is 9.33. The van der Waals surface area contributed by atoms with E-state index in [1.165, 1.54) is 93.1 Å². The molecule has 2 aliphatic heterocycles. The fourth-order valence-electron chi connectivity index (χ4n) is 11.1. The van der Waals surface area contributed by atoms with Crippen molar-refractivity contribution < 1.29 is 0 Å². The first kappa shape index (κ1) is 37.5. The average molecular weight is 852 g/mol. The summed E-state index contributed by atoms with van der Waals surface area (Å²) in [5, 5.41) is 9.77. The molecule has 5 nitrogen and oxygen atoms in total. The molecule has 0 atom stereocenters. The second kappa shape index (κ2) is 14.8. The van der Waals surface area contributed by atoms with Gasteiger partial charge in [0, 0.05) is 50.5 Å². The smallest absolute Gasteiger partial charge is 0.252 e. The Kier molecular flexibility index (Phi) is 8.31. The Morgan fingerprint density at radius 2 is 0.746 bits per heavy atom. The van der Waals surface area contributed by atoms with Gasteiger partial charge < -0.3 is 9.80 Å². The molecule has 0 amide bonds. The Morgan fingerprint density at radius 3 is 1.22 bits per heavy atom. The Hall–Kier alpha value is -8.87. The fourth-order valence-corrected chi connectivity index (χ4v) is 11.1. The van der Waals surface area contributed by atoms with E-state index in [1.807, 2.05) is 0 Å². The van der Waals surface area contributed by atoms with Crippen LogP contribution < -0.4 is 26.2 Å². The maximum absolute atomic E-state index is 4.79. The SMILES string of the molecule is c1ccc(-c2ccc(N3c4cc(-c5ncncn5)cc5c4B(c4ccc6c(ccc7ccccc76)c43)c3ccc4c(ccc6ccccc64)c3N5c3ccc(-c4ccccc4)cc3)cc2)cc1. The summed E-state index contributed by atoms with van der Waals surface area (Å²) in [5.41, 5.74) is 16.1. The highest BCUT2D eigenvalue weighted by molar-refractivity contribution is 7.00. The molecule has 67 heavy (non-hydrogen) atoms. The average Bonchev–Trinajstić information content (AvgIpc) is 3.41. The summed E-state index contributed by atoms with van der Waals surface area (Å²) in [7, 11) is 0. The molecule has 12 aromatic rings. The molecule has 14 rings (SSSR count). The van der Waals surface area contributed by atoms with Crippen molar-refractivity contribution in [3.63, 3.8) is 0 Å². The molecule has 0 radical (unpaired) electrons. The molecule has 0 unspecified atom stereocenters. The monoisotopic (exact) mass is 851 g/mol. The topological polar surface area (TPSA) is 45.2 Å². The van der Waals surface area contributed by atoms with E-state index in [0.29, 0.717) is 5.82 Å². The van der Waals surface area contributed by atoms with Crippen LogP contribution in [0.1, 0.15) is 0 Å². The molecule has 2 aliphatic rings. The first-order chi connectivity index (χ1) is 33.2. The zero-order valence-electron chi connectivity index (χ0n) is 36.3. The first-order valence-electron chi connectivity index (χ1n) is 22.9. The quantitative estimate of drug-likeness (QED) is 0.127. The summed E-state index contributed by atoms with van der Waals surface area (Å²) >= 11 is 0. The highest BCUT2D eigenvalue weighted by atomic mass is 15.2. The molecular formula is C61H38BN5. The number of nitrogens with zero attached hydrogens (tertiary/aromatic N) is 5. The van der Waals surface area contributed by atoms with Gasteiger partial charge in [0.25, 0.3) is 6.71 Å². The lowest BCUT2D eigenvalue weighted by Crippen LogP contribution is -2.61. The van der Waals surface area contributed by atoms with Crippen LogP contribution in [0.2, 0.25) is 0 Å². The van der Waals surface area contributed by atoms with Gasteiger partial charge in [-0.2, -0.15) is 0 Å². The van der Waals surface area contributed by atoms with Crippen LogP contribution in [0.5, 0.6) is 0 Å². The van der Waals surface area contributed by atoms with Gasteiger partial charge in [-0.1, -0.05) is 182 Å². The number of hydrogen-bond acceptors (Lipinski definition) is 5. The summed E-state index contributed by atoms with van der Waals surface area (Å²) in [6.45, 7) is -0.103. The molecule has 1 aromatic heterocycles. The molecule has 11 aromatic carbocycles. The Labute approximate surface area is 388 Å². The minimum atomic E-state index is -0.103. The number of aromatic nitrogens is 3. The van der Waals surface area contributed by atoms with Gasteiger partial charge in [0.05, 0.1) is 0 Å². The van der Waals surface area contributed by atoms with E-state index >= 15 is 0 Å². The fraction of sp³-hybridized carbons (Fsp3) is 0. The molecule has 0 N–H and O–H groups in total. The maximum atomic E-state index is 4.79. The van der Waals surface area contributed by atoms with Crippen LogP contribution in [0.25, 0.3) is 76.7 Å². The number of benzene rings is 11. The molecular weight excluding hydrogens is 814 g/mol. The third-order valence-corrected chi connectivity index (χ3v) is 14.1. The van der Waals surface area contributed by atoms with E-state index in [0.717, 1.165) is 28.3 Å². The predicted octanol–water partition coefficient (Wildman–Crippen LogP) is 13.6. The lowest BCUT2D eigenvalue weighted by molar-refractivity contribution is 1.06. The highest BCUT2D eigenvalue weighted by Gasteiger charge is 2.45. The number of rotatable bonds is 5. The standard InChI is InChI=1S/C61H38BN5/c1-3-11-39(12-4-1)41-19-25-46(26-20-41)66-56-35-45(61-64-37-63-38-65-61)36-57-58(56)62(54-33-31-50-48-17-9-7-15-43(48)23-29-52(50)59(54)66)55-34-32-51-49-18-10-8-16-44(49)24-30-53(51)60(55)67(57)47-27-21-42(22-28-47)40-13-5-2-6-14-40/h1-38H. The van der Waals surface area contributed by atoms with E-state index in [2.05, 4.69) is 233 Å². The van der Waals surface area contributed by atoms with Crippen LogP contribution in [0, 0.1) is 0 Å². The summed E-state index contributed by atoms with van der Waals surface area (Å²) in [6, 6.07) is 80.3. The summed E-state index contributed by atoms with van der Waals surface area (Å²) in [5.74, 6) is 0.619. The van der Waals surface area contributed by atoms with Crippen molar-refractivity contribution in [1.82, 2.24) is 15.0 Å². The predicted molar refractivity (Wildman–Crippen MR) is 280 cm³/mol. The molecule has 310 valence electrons. The third-order valence-electron chi connectivity index (χ3n) is 14.1. The summed E-state index contributed by atoms with van der Waals surface area (Å²) in [6.07, 6.45) is 3.19. The van der Waals surface area contributed by atoms with Crippen molar-refractivity contribution in [2.75, 3.05) is 9.80 Å². The van der Waals surface area contributed by atoms with Crippen molar-refractivity contribution in [2.24, 2.45) is 0 Å². The van der Waals surface area contributed by atoms with Crippen LogP contribution in [0.4, 0.5) is 34.1 Å². The van der Waals surface area contributed by atoms with Crippen molar-refractivity contribution >= 4 is 100 Å². The molecule has 0 bridgehead atoms. The molecule has 0 spiro atoms. The van der Waals surface area contributed by atoms with Gasteiger partial charge in [-0.3, -0.25) is 0 Å². The van der Waals surface area contributed by atoms with Gasteiger partial charge in [0.15, 0.2) is 5.82 Å². The Balaban J connectivity index is 1.11. The normalized spacial score (nSPS) is 12.7. The van der Waals surface area contributed by atoms with Gasteiger partial charge in [-0.05, 0) is 107 Å². The Morgan fingerprint density at radius 1 is 0.328 bits per heavy atom. The van der Waals surface area contributed by atoms with Crippen molar-refractivity contribution in [2.45, 2.75) is 0 Å². The van der Waals surface area contributed by atoms with E-state index in [-0.39, 0.29) is 6.71 Å². The largest absolute Gasteiger partial charge is 0.311 e. The summed E-state index contributed by atoms with van der Waals surface area (Å²) < 4.78 is 0. The lowest BCUT2D eigenvalue weighted by Gasteiger charge is -2.45. The minimum Gasteiger partial charge on any atom is -0.311 e. The minimum absolute atomic E-state index is 0.103. The van der Waals surface area contributed by atoms with Crippen LogP contribution in [0.15, 0.2) is 231 Å². The molecule has 0 saturated heterocycles. The van der Waals surface area contributed by atoms with E-state index in [1.54, 1.807) is 12.7 Å². The zero-order chi connectivity index (χ0) is 44.0. The first-order valence-corrected chi connectivity index (χ1v) is 22.9. The number of hydrogen-bond donors (Lipinski definition) is 0. The second-order valence-corrected chi connectivity index (χ2v) is 17.6. The third kappa shape index (κ3) is 5.79. The van der Waals surface area contributed by atoms with E-state index in [4.69, 9.17) is 9.97 Å². The van der Waals surface area contributed by atoms with Gasteiger partial charge in [-0.15, -0.1) is 0 Å². The molecule has 0 aliphatic carbocycles. The van der Waals surface area contributed by atoms with Gasteiger partial charge in [-0.25, -0.2) is 15.0 Å². The zero-order valence-corrected chi connectivity index (χ0v) is 36.3. The highest BCUT2D eigenvalue weighted by Crippen LogP contribution is 2.50. The van der Waals surface area contributed by atoms with Crippen molar-refractivity contribution in [3.05, 3.63) is 231 Å². The van der Waals surface area contributed by atoms with Gasteiger partial charge >= 0.3 is 0 Å². The van der Waals surface area contributed by atoms with E-state index < -0.39 is 0 Å². The maximum Gasteiger partial charge on any atom is 0.252 e. The van der Waals surface area contributed by atoms with Gasteiger partial charge in [0.2, 0.25) is 0 Å². The molecule has 0 saturated carbocycles. The number of fused-ring (bicyclic) bond motifs is 12. The van der Waals surface area contributed by atoms with Crippen LogP contribution in [-0.4, -0.2) is 21.7 Å². The summed E-state index contributed by atoms with van der Waals surface area (Å²) in [4.78, 5) is 18.9. The molecule has 3 heterocycles. The van der Waals surface area contributed by atoms with E-state index in [9.17, 15) is 0 Å². The van der Waals surface area contributed by atoms with Crippen LogP contribution in [0.3, 0.4) is 0 Å². The van der Waals surface area contributed by atoms with Crippen molar-refractivity contribution in [3.8, 4) is 33.6 Å². The van der Waals surface area contributed by atoms with Crippen molar-refractivity contribution in [1.29, 1.82) is 0 Å². The van der Waals surface area contributed by atoms with Crippen LogP contribution >= 0.6 is 0 Å². The van der Waals surface area contributed by atoms with Crippen LogP contribution in [-0.2, 0) is 0 Å². The Bertz CT molecular complexity index is 3680. The molecule has 0 fully saturated rings. The number of anilines is 6. The van der Waals surface area contributed by atoms with Gasteiger partial charge in [0.1, 0.15) is 12.7 Å². The second-order valence-electron chi connectivity index (χ2n) is 17.6.